The van der Waals surface area contributed by atoms with Gasteiger partial charge >= 0.3 is 0 Å². The van der Waals surface area contributed by atoms with Crippen LogP contribution in [0.15, 0.2) is 12.4 Å². The Kier molecular flexibility index (Phi) is 6.99. The van der Waals surface area contributed by atoms with E-state index in [1.807, 2.05) is 6.20 Å². The van der Waals surface area contributed by atoms with E-state index in [0.717, 1.165) is 6.54 Å². The molecule has 0 aliphatic heterocycles. The Morgan fingerprint density at radius 2 is 1.71 bits per heavy atom. The number of nitrogens with zero attached hydrogens (tertiary/aromatic N) is 2. The van der Waals surface area contributed by atoms with Crippen molar-refractivity contribution in [3.8, 4) is 0 Å². The van der Waals surface area contributed by atoms with Gasteiger partial charge in [0.05, 0.1) is 6.20 Å². The molecule has 0 saturated carbocycles. The second kappa shape index (κ2) is 8.32. The topological polar surface area (TPSA) is 17.8 Å². The normalized spacial score (nSPS) is 11.3. The molecule has 2 heteroatoms. The van der Waals surface area contributed by atoms with E-state index >= 15 is 0 Å². The summed E-state index contributed by atoms with van der Waals surface area (Å²) in [6.07, 6.45) is 13.8. The van der Waals surface area contributed by atoms with Gasteiger partial charge in [-0.25, -0.2) is 0 Å². The van der Waals surface area contributed by atoms with E-state index in [4.69, 9.17) is 0 Å². The van der Waals surface area contributed by atoms with Gasteiger partial charge in [-0.1, -0.05) is 59.3 Å². The van der Waals surface area contributed by atoms with Gasteiger partial charge in [-0.2, -0.15) is 5.10 Å². The second-order valence-corrected chi connectivity index (χ2v) is 5.31. The fourth-order valence-corrected chi connectivity index (χ4v) is 2.03. The highest BCUT2D eigenvalue weighted by Crippen LogP contribution is 2.13. The molecule has 0 aliphatic rings. The molecule has 0 fully saturated rings. The molecule has 0 N–H and O–H groups in total. The molecule has 17 heavy (non-hydrogen) atoms. The summed E-state index contributed by atoms with van der Waals surface area (Å²) in [4.78, 5) is 0. The van der Waals surface area contributed by atoms with E-state index < -0.39 is 0 Å². The lowest BCUT2D eigenvalue weighted by atomic mass is 10.1. The van der Waals surface area contributed by atoms with Crippen molar-refractivity contribution >= 4 is 0 Å². The number of unbranched alkanes of at least 4 members (excludes halogenated alkanes) is 6. The maximum absolute atomic E-state index is 4.40. The Morgan fingerprint density at radius 3 is 2.29 bits per heavy atom. The number of hydrogen-bond donors (Lipinski definition) is 0. The summed E-state index contributed by atoms with van der Waals surface area (Å²) in [6.45, 7) is 7.79. The highest BCUT2D eigenvalue weighted by Gasteiger charge is 2.02. The zero-order valence-corrected chi connectivity index (χ0v) is 11.8. The van der Waals surface area contributed by atoms with Gasteiger partial charge in [0.25, 0.3) is 0 Å². The minimum atomic E-state index is 0.595. The summed E-state index contributed by atoms with van der Waals surface area (Å²) < 4.78 is 2.10. The van der Waals surface area contributed by atoms with Gasteiger partial charge in [-0.3, -0.25) is 4.68 Å². The lowest BCUT2D eigenvalue weighted by Crippen LogP contribution is -1.98. The smallest absolute Gasteiger partial charge is 0.0524 e. The van der Waals surface area contributed by atoms with Crippen molar-refractivity contribution in [3.63, 3.8) is 0 Å². The Bertz CT molecular complexity index is 289. The summed E-state index contributed by atoms with van der Waals surface area (Å²) in [6, 6.07) is 0. The molecule has 0 bridgehead atoms. The summed E-state index contributed by atoms with van der Waals surface area (Å²) in [5.41, 5.74) is 1.35. The Hall–Kier alpha value is -0.790. The van der Waals surface area contributed by atoms with Crippen LogP contribution in [-0.4, -0.2) is 9.78 Å². The monoisotopic (exact) mass is 236 g/mol. The lowest BCUT2D eigenvalue weighted by Gasteiger charge is -2.02. The molecule has 0 amide bonds. The SMILES string of the molecule is CCCCCCCCCn1cc(C(C)C)cn1. The van der Waals surface area contributed by atoms with Crippen molar-refractivity contribution in [1.82, 2.24) is 9.78 Å². The number of rotatable bonds is 9. The minimum absolute atomic E-state index is 0.595. The van der Waals surface area contributed by atoms with E-state index in [9.17, 15) is 0 Å². The van der Waals surface area contributed by atoms with E-state index in [2.05, 4.69) is 36.7 Å². The molecular formula is C15H28N2. The van der Waals surface area contributed by atoms with Crippen molar-refractivity contribution in [2.75, 3.05) is 0 Å². The Morgan fingerprint density at radius 1 is 1.06 bits per heavy atom. The third kappa shape index (κ3) is 5.90. The molecular weight excluding hydrogens is 208 g/mol. The molecule has 1 aromatic rings. The molecule has 0 aromatic carbocycles. The fraction of sp³-hybridized carbons (Fsp3) is 0.800. The molecule has 2 nitrogen and oxygen atoms in total. The zero-order valence-electron chi connectivity index (χ0n) is 11.8. The first-order valence-corrected chi connectivity index (χ1v) is 7.26. The largest absolute Gasteiger partial charge is 0.272 e. The molecule has 0 spiro atoms. The van der Waals surface area contributed by atoms with Gasteiger partial charge in [-0.05, 0) is 17.9 Å². The maximum atomic E-state index is 4.40. The molecule has 0 atom stereocenters. The van der Waals surface area contributed by atoms with Crippen LogP contribution in [0.4, 0.5) is 0 Å². The summed E-state index contributed by atoms with van der Waals surface area (Å²) in [5.74, 6) is 0.595. The quantitative estimate of drug-likeness (QED) is 0.565. The summed E-state index contributed by atoms with van der Waals surface area (Å²) >= 11 is 0. The van der Waals surface area contributed by atoms with Gasteiger partial charge in [0.2, 0.25) is 0 Å². The highest BCUT2D eigenvalue weighted by atomic mass is 15.3. The number of aromatic nitrogens is 2. The molecule has 0 saturated heterocycles. The molecule has 1 rings (SSSR count). The molecule has 98 valence electrons. The molecule has 1 heterocycles. The Balaban J connectivity index is 2.05. The van der Waals surface area contributed by atoms with Crippen LogP contribution in [0.25, 0.3) is 0 Å². The van der Waals surface area contributed by atoms with Crippen LogP contribution in [0.3, 0.4) is 0 Å². The zero-order chi connectivity index (χ0) is 12.5. The van der Waals surface area contributed by atoms with Crippen molar-refractivity contribution in [1.29, 1.82) is 0 Å². The predicted octanol–water partition coefficient (Wildman–Crippen LogP) is 4.76. The first kappa shape index (κ1) is 14.3. The van der Waals surface area contributed by atoms with Crippen LogP contribution in [0.1, 0.15) is 77.2 Å². The lowest BCUT2D eigenvalue weighted by molar-refractivity contribution is 0.523. The Labute approximate surface area is 106 Å². The van der Waals surface area contributed by atoms with Gasteiger partial charge in [0, 0.05) is 12.7 Å². The second-order valence-electron chi connectivity index (χ2n) is 5.31. The van der Waals surface area contributed by atoms with E-state index in [1.54, 1.807) is 0 Å². The van der Waals surface area contributed by atoms with Gasteiger partial charge in [0.1, 0.15) is 0 Å². The van der Waals surface area contributed by atoms with E-state index in [1.165, 1.54) is 50.5 Å². The van der Waals surface area contributed by atoms with Crippen LogP contribution in [0.5, 0.6) is 0 Å². The number of aryl methyl sites for hydroxylation is 1. The maximum Gasteiger partial charge on any atom is 0.0524 e. The van der Waals surface area contributed by atoms with Crippen LogP contribution < -0.4 is 0 Å². The van der Waals surface area contributed by atoms with Crippen molar-refractivity contribution in [2.45, 2.75) is 78.2 Å². The molecule has 0 unspecified atom stereocenters. The minimum Gasteiger partial charge on any atom is -0.272 e. The van der Waals surface area contributed by atoms with Crippen LogP contribution in [-0.2, 0) is 6.54 Å². The van der Waals surface area contributed by atoms with Gasteiger partial charge in [-0.15, -0.1) is 0 Å². The van der Waals surface area contributed by atoms with Crippen LogP contribution in [0.2, 0.25) is 0 Å². The number of hydrogen-bond acceptors (Lipinski definition) is 1. The standard InChI is InChI=1S/C15H28N2/c1-4-5-6-7-8-9-10-11-17-13-15(12-16-17)14(2)3/h12-14H,4-11H2,1-3H3. The molecule has 0 radical (unpaired) electrons. The van der Waals surface area contributed by atoms with Crippen LogP contribution >= 0.6 is 0 Å². The van der Waals surface area contributed by atoms with Gasteiger partial charge < -0.3 is 0 Å². The first-order valence-electron chi connectivity index (χ1n) is 7.26. The third-order valence-corrected chi connectivity index (χ3v) is 3.31. The summed E-state index contributed by atoms with van der Waals surface area (Å²) in [5, 5.41) is 4.40. The highest BCUT2D eigenvalue weighted by molar-refractivity contribution is 5.08. The average Bonchev–Trinajstić information content (AvgIpc) is 2.77. The van der Waals surface area contributed by atoms with E-state index in [-0.39, 0.29) is 0 Å². The average molecular weight is 236 g/mol. The summed E-state index contributed by atoms with van der Waals surface area (Å²) in [7, 11) is 0. The van der Waals surface area contributed by atoms with Crippen molar-refractivity contribution in [3.05, 3.63) is 18.0 Å². The molecule has 1 aromatic heterocycles. The molecule has 0 aliphatic carbocycles. The van der Waals surface area contributed by atoms with Crippen molar-refractivity contribution < 1.29 is 0 Å². The third-order valence-electron chi connectivity index (χ3n) is 3.31. The fourth-order valence-electron chi connectivity index (χ4n) is 2.03. The van der Waals surface area contributed by atoms with Gasteiger partial charge in [0.15, 0.2) is 0 Å². The van der Waals surface area contributed by atoms with E-state index in [0.29, 0.717) is 5.92 Å². The van der Waals surface area contributed by atoms with Crippen molar-refractivity contribution in [2.24, 2.45) is 0 Å². The first-order chi connectivity index (χ1) is 8.24. The van der Waals surface area contributed by atoms with Crippen LogP contribution in [0, 0.1) is 0 Å². The predicted molar refractivity (Wildman–Crippen MR) is 74.3 cm³/mol.